The first-order valence-corrected chi connectivity index (χ1v) is 6.33. The third kappa shape index (κ3) is 1.61. The van der Waals surface area contributed by atoms with Gasteiger partial charge in [-0.15, -0.1) is 0 Å². The second kappa shape index (κ2) is 3.95. The Hall–Kier alpha value is -2.61. The van der Waals surface area contributed by atoms with Gasteiger partial charge >= 0.3 is 0 Å². The summed E-state index contributed by atoms with van der Waals surface area (Å²) in [7, 11) is 0. The smallest absolute Gasteiger partial charge is 0.0730 e. The lowest BCUT2D eigenvalue weighted by atomic mass is 10.1. The van der Waals surface area contributed by atoms with Gasteiger partial charge in [0.2, 0.25) is 0 Å². The molecule has 0 bridgehead atoms. The average Bonchev–Trinajstić information content (AvgIpc) is 2.91. The summed E-state index contributed by atoms with van der Waals surface area (Å²) in [6.07, 6.45) is 6.07. The van der Waals surface area contributed by atoms with Crippen LogP contribution in [0, 0.1) is 0 Å². The van der Waals surface area contributed by atoms with E-state index in [1.54, 1.807) is 0 Å². The lowest BCUT2D eigenvalue weighted by molar-refractivity contribution is 1.20. The third-order valence-electron chi connectivity index (χ3n) is 3.47. The van der Waals surface area contributed by atoms with Crippen LogP contribution in [-0.2, 0) is 0 Å². The fourth-order valence-corrected chi connectivity index (χ4v) is 2.50. The van der Waals surface area contributed by atoms with Crippen LogP contribution in [-0.4, -0.2) is 9.38 Å². The number of pyridine rings is 2. The molecule has 4 rings (SSSR count). The number of fused-ring (bicyclic) bond motifs is 2. The molecule has 0 saturated heterocycles. The molecule has 0 radical (unpaired) electrons. The third-order valence-corrected chi connectivity index (χ3v) is 3.47. The van der Waals surface area contributed by atoms with Crippen molar-refractivity contribution in [3.05, 3.63) is 73.2 Å². The quantitative estimate of drug-likeness (QED) is 0.491. The van der Waals surface area contributed by atoms with E-state index in [1.165, 1.54) is 21.9 Å². The van der Waals surface area contributed by atoms with Crippen LogP contribution >= 0.6 is 0 Å². The number of rotatable bonds is 1. The molecule has 0 atom stereocenters. The molecule has 0 spiro atoms. The molecule has 2 heteroatoms. The summed E-state index contributed by atoms with van der Waals surface area (Å²) in [5.74, 6) is 0. The highest BCUT2D eigenvalue weighted by atomic mass is 14.9. The van der Waals surface area contributed by atoms with E-state index < -0.39 is 0 Å². The highest BCUT2D eigenvalue weighted by Crippen LogP contribution is 2.26. The van der Waals surface area contributed by atoms with E-state index in [4.69, 9.17) is 0 Å². The van der Waals surface area contributed by atoms with Crippen molar-refractivity contribution in [3.63, 3.8) is 0 Å². The largest absolute Gasteiger partial charge is 0.323 e. The van der Waals surface area contributed by atoms with Gasteiger partial charge in [0.25, 0.3) is 0 Å². The molecule has 0 aliphatic carbocycles. The lowest BCUT2D eigenvalue weighted by Gasteiger charge is -2.02. The number of hydrogen-bond donors (Lipinski definition) is 0. The van der Waals surface area contributed by atoms with Gasteiger partial charge in [-0.1, -0.05) is 30.3 Å². The molecule has 4 aromatic rings. The summed E-state index contributed by atoms with van der Waals surface area (Å²) in [6.45, 7) is 0. The first-order valence-electron chi connectivity index (χ1n) is 6.33. The molecule has 0 aliphatic rings. The SMILES string of the molecule is c1ccc2cc(-c3ccn4ccccc34)ncc2c1. The second-order valence-electron chi connectivity index (χ2n) is 4.64. The van der Waals surface area contributed by atoms with E-state index >= 15 is 0 Å². The van der Waals surface area contributed by atoms with Gasteiger partial charge in [0.15, 0.2) is 0 Å². The van der Waals surface area contributed by atoms with Crippen molar-refractivity contribution in [1.82, 2.24) is 9.38 Å². The molecule has 1 aromatic carbocycles. The van der Waals surface area contributed by atoms with Crippen LogP contribution in [0.2, 0.25) is 0 Å². The Bertz CT molecular complexity index is 874. The van der Waals surface area contributed by atoms with Gasteiger partial charge in [-0.05, 0) is 29.7 Å². The Kier molecular flexibility index (Phi) is 2.15. The van der Waals surface area contributed by atoms with Gasteiger partial charge in [-0.3, -0.25) is 4.98 Å². The van der Waals surface area contributed by atoms with Crippen molar-refractivity contribution in [3.8, 4) is 11.3 Å². The minimum atomic E-state index is 1.02. The molecule has 0 unspecified atom stereocenters. The van der Waals surface area contributed by atoms with E-state index in [2.05, 4.69) is 64.2 Å². The topological polar surface area (TPSA) is 17.3 Å². The minimum Gasteiger partial charge on any atom is -0.323 e. The number of nitrogens with zero attached hydrogens (tertiary/aromatic N) is 2. The summed E-state index contributed by atoms with van der Waals surface area (Å²) in [4.78, 5) is 4.59. The monoisotopic (exact) mass is 244 g/mol. The highest BCUT2D eigenvalue weighted by Gasteiger charge is 2.06. The molecule has 19 heavy (non-hydrogen) atoms. The fraction of sp³-hybridized carbons (Fsp3) is 0. The van der Waals surface area contributed by atoms with Gasteiger partial charge in [0.05, 0.1) is 11.2 Å². The van der Waals surface area contributed by atoms with Crippen LogP contribution in [0.1, 0.15) is 0 Å². The van der Waals surface area contributed by atoms with E-state index in [1.807, 2.05) is 18.3 Å². The fourth-order valence-electron chi connectivity index (χ4n) is 2.50. The van der Waals surface area contributed by atoms with Crippen LogP contribution in [0.25, 0.3) is 27.5 Å². The Labute approximate surface area is 111 Å². The van der Waals surface area contributed by atoms with Gasteiger partial charge in [-0.25, -0.2) is 0 Å². The zero-order valence-electron chi connectivity index (χ0n) is 10.3. The van der Waals surface area contributed by atoms with Gasteiger partial charge in [0.1, 0.15) is 0 Å². The molecule has 0 aliphatic heterocycles. The molecule has 3 aromatic heterocycles. The predicted molar refractivity (Wildman–Crippen MR) is 78.1 cm³/mol. The first-order chi connectivity index (χ1) is 9.42. The normalized spacial score (nSPS) is 11.2. The Balaban J connectivity index is 1.99. The first kappa shape index (κ1) is 10.3. The number of benzene rings is 1. The van der Waals surface area contributed by atoms with E-state index in [-0.39, 0.29) is 0 Å². The molecular formula is C17H12N2. The molecule has 0 saturated carbocycles. The lowest BCUT2D eigenvalue weighted by Crippen LogP contribution is -1.84. The molecular weight excluding hydrogens is 232 g/mol. The van der Waals surface area contributed by atoms with Gasteiger partial charge < -0.3 is 4.40 Å². The van der Waals surface area contributed by atoms with E-state index in [9.17, 15) is 0 Å². The molecule has 0 amide bonds. The number of hydrogen-bond acceptors (Lipinski definition) is 1. The summed E-state index contributed by atoms with van der Waals surface area (Å²) in [5, 5.41) is 2.40. The molecule has 0 N–H and O–H groups in total. The Morgan fingerprint density at radius 2 is 1.63 bits per heavy atom. The molecule has 0 fully saturated rings. The predicted octanol–water partition coefficient (Wildman–Crippen LogP) is 4.15. The van der Waals surface area contributed by atoms with E-state index in [0.29, 0.717) is 0 Å². The maximum atomic E-state index is 4.59. The van der Waals surface area contributed by atoms with Crippen LogP contribution < -0.4 is 0 Å². The van der Waals surface area contributed by atoms with Gasteiger partial charge in [-0.2, -0.15) is 0 Å². The van der Waals surface area contributed by atoms with Crippen LogP contribution in [0.4, 0.5) is 0 Å². The zero-order chi connectivity index (χ0) is 12.7. The zero-order valence-corrected chi connectivity index (χ0v) is 10.3. The number of aromatic nitrogens is 2. The second-order valence-corrected chi connectivity index (χ2v) is 4.64. The van der Waals surface area contributed by atoms with Crippen molar-refractivity contribution >= 4 is 16.3 Å². The highest BCUT2D eigenvalue weighted by molar-refractivity contribution is 5.88. The average molecular weight is 244 g/mol. The van der Waals surface area contributed by atoms with Crippen molar-refractivity contribution in [1.29, 1.82) is 0 Å². The summed E-state index contributed by atoms with van der Waals surface area (Å²) in [5.41, 5.74) is 3.38. The summed E-state index contributed by atoms with van der Waals surface area (Å²) >= 11 is 0. The van der Waals surface area contributed by atoms with E-state index in [0.717, 1.165) is 5.69 Å². The van der Waals surface area contributed by atoms with Crippen molar-refractivity contribution in [2.45, 2.75) is 0 Å². The Morgan fingerprint density at radius 3 is 2.58 bits per heavy atom. The van der Waals surface area contributed by atoms with Crippen molar-refractivity contribution in [2.24, 2.45) is 0 Å². The maximum absolute atomic E-state index is 4.59. The minimum absolute atomic E-state index is 1.02. The molecule has 3 heterocycles. The standard InChI is InChI=1S/C17H12N2/c1-2-6-14-12-18-16(11-13(14)5-1)15-8-10-19-9-4-3-7-17(15)19/h1-12H. The van der Waals surface area contributed by atoms with Crippen LogP contribution in [0.3, 0.4) is 0 Å². The molecule has 90 valence electrons. The maximum Gasteiger partial charge on any atom is 0.0730 e. The summed E-state index contributed by atoms with van der Waals surface area (Å²) < 4.78 is 2.12. The molecule has 2 nitrogen and oxygen atoms in total. The van der Waals surface area contributed by atoms with Crippen molar-refractivity contribution in [2.75, 3.05) is 0 Å². The Morgan fingerprint density at radius 1 is 0.789 bits per heavy atom. The van der Waals surface area contributed by atoms with Crippen LogP contribution in [0.5, 0.6) is 0 Å². The van der Waals surface area contributed by atoms with Gasteiger partial charge in [0, 0.05) is 29.5 Å². The van der Waals surface area contributed by atoms with Crippen LogP contribution in [0.15, 0.2) is 73.2 Å². The summed E-state index contributed by atoms with van der Waals surface area (Å²) in [6, 6.07) is 18.8. The van der Waals surface area contributed by atoms with Crippen molar-refractivity contribution < 1.29 is 0 Å².